The number of morpholine rings is 1. The molecule has 0 spiro atoms. The minimum Gasteiger partial charge on any atom is -0.373 e. The van der Waals surface area contributed by atoms with Gasteiger partial charge in [0.05, 0.1) is 12.2 Å². The van der Waals surface area contributed by atoms with Crippen LogP contribution in [0, 0.1) is 0 Å². The Morgan fingerprint density at radius 2 is 1.55 bits per heavy atom. The van der Waals surface area contributed by atoms with Gasteiger partial charge in [0.15, 0.2) is 0 Å². The predicted octanol–water partition coefficient (Wildman–Crippen LogP) is 0.295. The highest BCUT2D eigenvalue weighted by Crippen LogP contribution is 2.38. The summed E-state index contributed by atoms with van der Waals surface area (Å²) in [7, 11) is -3.38. The molecule has 0 radical (unpaired) electrons. The van der Waals surface area contributed by atoms with Crippen LogP contribution in [0.25, 0.3) is 0 Å². The Kier molecular flexibility index (Phi) is 3.83. The lowest BCUT2D eigenvalue weighted by Gasteiger charge is -2.42. The van der Waals surface area contributed by atoms with Crippen LogP contribution in [-0.4, -0.2) is 60.5 Å². The third kappa shape index (κ3) is 2.50. The van der Waals surface area contributed by atoms with Crippen molar-refractivity contribution in [1.82, 2.24) is 8.61 Å². The molecule has 7 heteroatoms. The highest BCUT2D eigenvalue weighted by Gasteiger charge is 2.48. The van der Waals surface area contributed by atoms with Crippen LogP contribution in [0.5, 0.6) is 0 Å². The molecule has 3 rings (SSSR count). The lowest BCUT2D eigenvalue weighted by Crippen LogP contribution is -2.58. The molecule has 3 fully saturated rings. The summed E-state index contributed by atoms with van der Waals surface area (Å²) in [5.74, 6) is 0. The second-order valence-electron chi connectivity index (χ2n) is 6.53. The van der Waals surface area contributed by atoms with E-state index in [1.807, 2.05) is 13.8 Å². The molecule has 0 aromatic carbocycles. The van der Waals surface area contributed by atoms with E-state index >= 15 is 0 Å². The van der Waals surface area contributed by atoms with Crippen LogP contribution in [0.4, 0.5) is 0 Å². The zero-order chi connectivity index (χ0) is 14.5. The maximum Gasteiger partial charge on any atom is 0.282 e. The lowest BCUT2D eigenvalue weighted by molar-refractivity contribution is -0.0461. The molecule has 6 nitrogen and oxygen atoms in total. The van der Waals surface area contributed by atoms with Crippen molar-refractivity contribution in [1.29, 1.82) is 0 Å². The number of piperidine rings is 1. The van der Waals surface area contributed by atoms with Crippen LogP contribution in [0.15, 0.2) is 0 Å². The first-order valence-electron chi connectivity index (χ1n) is 7.57. The number of nitrogens with two attached hydrogens (primary N) is 1. The third-order valence-electron chi connectivity index (χ3n) is 4.68. The van der Waals surface area contributed by atoms with E-state index in [-0.39, 0.29) is 30.3 Å². The Labute approximate surface area is 121 Å². The third-order valence-corrected chi connectivity index (χ3v) is 6.76. The van der Waals surface area contributed by atoms with Crippen LogP contribution in [0.3, 0.4) is 0 Å². The normalized spacial score (nSPS) is 43.9. The second-order valence-corrected chi connectivity index (χ2v) is 8.36. The van der Waals surface area contributed by atoms with Crippen molar-refractivity contribution >= 4 is 10.2 Å². The summed E-state index contributed by atoms with van der Waals surface area (Å²) in [4.78, 5) is 0. The quantitative estimate of drug-likeness (QED) is 0.796. The van der Waals surface area contributed by atoms with Crippen LogP contribution >= 0.6 is 0 Å². The van der Waals surface area contributed by atoms with Crippen molar-refractivity contribution < 1.29 is 13.2 Å². The smallest absolute Gasteiger partial charge is 0.282 e. The van der Waals surface area contributed by atoms with Gasteiger partial charge < -0.3 is 10.5 Å². The zero-order valence-corrected chi connectivity index (χ0v) is 13.1. The molecule has 3 saturated heterocycles. The SMILES string of the molecule is CC1CN(S(=O)(=O)N2C3CCC2CC(N)C3)CC(C)O1. The van der Waals surface area contributed by atoms with Gasteiger partial charge in [-0.25, -0.2) is 0 Å². The standard InChI is InChI=1S/C13H25N3O3S/c1-9-7-15(8-10(2)19-9)20(17,18)16-12-3-4-13(16)6-11(14)5-12/h9-13H,3-8,14H2,1-2H3. The Balaban J connectivity index is 1.82. The highest BCUT2D eigenvalue weighted by atomic mass is 32.2. The van der Waals surface area contributed by atoms with Gasteiger partial charge >= 0.3 is 0 Å². The molecule has 0 saturated carbocycles. The summed E-state index contributed by atoms with van der Waals surface area (Å²) in [6.07, 6.45) is 3.41. The van der Waals surface area contributed by atoms with Gasteiger partial charge in [0.1, 0.15) is 0 Å². The van der Waals surface area contributed by atoms with Crippen molar-refractivity contribution in [2.24, 2.45) is 5.73 Å². The maximum atomic E-state index is 13.0. The largest absolute Gasteiger partial charge is 0.373 e. The van der Waals surface area contributed by atoms with Gasteiger partial charge in [0.25, 0.3) is 10.2 Å². The molecular weight excluding hydrogens is 278 g/mol. The molecule has 0 aromatic rings. The Morgan fingerprint density at radius 3 is 2.05 bits per heavy atom. The van der Waals surface area contributed by atoms with Crippen LogP contribution in [0.2, 0.25) is 0 Å². The molecule has 20 heavy (non-hydrogen) atoms. The summed E-state index contributed by atoms with van der Waals surface area (Å²) in [5, 5.41) is 0. The number of hydrogen-bond acceptors (Lipinski definition) is 4. The van der Waals surface area contributed by atoms with Crippen molar-refractivity contribution in [3.05, 3.63) is 0 Å². The Morgan fingerprint density at radius 1 is 1.05 bits per heavy atom. The molecule has 2 N–H and O–H groups in total. The summed E-state index contributed by atoms with van der Waals surface area (Å²) in [6.45, 7) is 4.77. The van der Waals surface area contributed by atoms with Gasteiger partial charge in [0.2, 0.25) is 0 Å². The van der Waals surface area contributed by atoms with Crippen LogP contribution in [0.1, 0.15) is 39.5 Å². The fraction of sp³-hybridized carbons (Fsp3) is 1.00. The molecule has 0 aromatic heterocycles. The summed E-state index contributed by atoms with van der Waals surface area (Å²) < 4.78 is 34.9. The molecule has 3 aliphatic rings. The van der Waals surface area contributed by atoms with Gasteiger partial charge in [-0.05, 0) is 39.5 Å². The fourth-order valence-electron chi connectivity index (χ4n) is 4.01. The van der Waals surface area contributed by atoms with E-state index in [4.69, 9.17) is 10.5 Å². The molecule has 3 aliphatic heterocycles. The van der Waals surface area contributed by atoms with Crippen LogP contribution in [-0.2, 0) is 14.9 Å². The molecule has 116 valence electrons. The first-order valence-corrected chi connectivity index (χ1v) is 8.97. The van der Waals surface area contributed by atoms with Crippen molar-refractivity contribution in [3.8, 4) is 0 Å². The molecule has 0 amide bonds. The lowest BCUT2D eigenvalue weighted by atomic mass is 10.0. The molecule has 2 bridgehead atoms. The first kappa shape index (κ1) is 14.7. The average molecular weight is 303 g/mol. The minimum absolute atomic E-state index is 0.0433. The molecule has 4 atom stereocenters. The van der Waals surface area contributed by atoms with Gasteiger partial charge in [-0.3, -0.25) is 0 Å². The van der Waals surface area contributed by atoms with E-state index in [0.717, 1.165) is 25.7 Å². The summed E-state index contributed by atoms with van der Waals surface area (Å²) >= 11 is 0. The van der Waals surface area contributed by atoms with Crippen molar-refractivity contribution in [3.63, 3.8) is 0 Å². The van der Waals surface area contributed by atoms with Gasteiger partial charge in [-0.15, -0.1) is 0 Å². The van der Waals surface area contributed by atoms with E-state index in [1.54, 1.807) is 8.61 Å². The number of ether oxygens (including phenoxy) is 1. The molecule has 0 aliphatic carbocycles. The maximum absolute atomic E-state index is 13.0. The van der Waals surface area contributed by atoms with E-state index in [0.29, 0.717) is 13.1 Å². The number of hydrogen-bond donors (Lipinski definition) is 1. The van der Waals surface area contributed by atoms with Crippen LogP contribution < -0.4 is 5.73 Å². The fourth-order valence-corrected chi connectivity index (χ4v) is 6.21. The topological polar surface area (TPSA) is 75.9 Å². The van der Waals surface area contributed by atoms with E-state index < -0.39 is 10.2 Å². The molecular formula is C13H25N3O3S. The van der Waals surface area contributed by atoms with Crippen molar-refractivity contribution in [2.45, 2.75) is 69.9 Å². The average Bonchev–Trinajstić information content (AvgIpc) is 2.62. The summed E-state index contributed by atoms with van der Waals surface area (Å²) in [5.41, 5.74) is 6.03. The number of nitrogens with zero attached hydrogens (tertiary/aromatic N) is 2. The van der Waals surface area contributed by atoms with Gasteiger partial charge in [-0.2, -0.15) is 17.0 Å². The van der Waals surface area contributed by atoms with Crippen molar-refractivity contribution in [2.75, 3.05) is 13.1 Å². The number of rotatable bonds is 2. The van der Waals surface area contributed by atoms with Gasteiger partial charge in [0, 0.05) is 31.2 Å². The van der Waals surface area contributed by atoms with Gasteiger partial charge in [-0.1, -0.05) is 0 Å². The minimum atomic E-state index is -3.38. The number of fused-ring (bicyclic) bond motifs is 2. The van der Waals surface area contributed by atoms with E-state index in [1.165, 1.54) is 0 Å². The summed E-state index contributed by atoms with van der Waals surface area (Å²) in [6, 6.07) is 0.353. The molecule has 3 heterocycles. The Hall–Kier alpha value is -0.210. The first-order chi connectivity index (χ1) is 9.38. The second kappa shape index (κ2) is 5.21. The molecule has 4 unspecified atom stereocenters. The highest BCUT2D eigenvalue weighted by molar-refractivity contribution is 7.86. The zero-order valence-electron chi connectivity index (χ0n) is 12.2. The van der Waals surface area contributed by atoms with E-state index in [2.05, 4.69) is 0 Å². The Bertz CT molecular complexity index is 445. The van der Waals surface area contributed by atoms with E-state index in [9.17, 15) is 8.42 Å². The monoisotopic (exact) mass is 303 g/mol. The predicted molar refractivity (Wildman–Crippen MR) is 76.4 cm³/mol.